The highest BCUT2D eigenvalue weighted by molar-refractivity contribution is 9.10. The number of para-hydroxylation sites is 1. The van der Waals surface area contributed by atoms with E-state index in [-0.39, 0.29) is 11.9 Å². The molecule has 4 saturated carbocycles. The number of aromatic nitrogens is 1. The first kappa shape index (κ1) is 20.4. The molecule has 164 valence electrons. The second-order valence-corrected chi connectivity index (χ2v) is 11.5. The molecule has 3 aromatic rings. The summed E-state index contributed by atoms with van der Waals surface area (Å²) in [5.41, 5.74) is 3.73. The number of carbonyl (C=O) groups is 1. The van der Waals surface area contributed by atoms with Gasteiger partial charge in [0.1, 0.15) is 0 Å². The molecule has 7 rings (SSSR count). The van der Waals surface area contributed by atoms with E-state index in [0.29, 0.717) is 5.41 Å². The molecule has 4 fully saturated rings. The first-order chi connectivity index (χ1) is 15.5. The highest BCUT2D eigenvalue weighted by Gasteiger charge is 2.53. The molecule has 4 heteroatoms. The van der Waals surface area contributed by atoms with E-state index in [9.17, 15) is 4.79 Å². The van der Waals surface area contributed by atoms with Gasteiger partial charge in [0, 0.05) is 21.5 Å². The van der Waals surface area contributed by atoms with Crippen molar-refractivity contribution >= 4 is 32.7 Å². The average molecular weight is 489 g/mol. The molecule has 1 amide bonds. The summed E-state index contributed by atoms with van der Waals surface area (Å²) >= 11 is 3.50. The summed E-state index contributed by atoms with van der Waals surface area (Å²) < 4.78 is 1.03. The molecule has 0 aliphatic heterocycles. The van der Waals surface area contributed by atoms with Gasteiger partial charge in [0.15, 0.2) is 0 Å². The minimum atomic E-state index is 0.0326. The molecule has 2 aromatic carbocycles. The quantitative estimate of drug-likeness (QED) is 0.429. The molecule has 4 bridgehead atoms. The smallest absolute Gasteiger partial charge is 0.252 e. The van der Waals surface area contributed by atoms with Crippen LogP contribution in [-0.2, 0) is 0 Å². The molecule has 4 aliphatic rings. The van der Waals surface area contributed by atoms with Crippen molar-refractivity contribution in [2.45, 2.75) is 51.5 Å². The van der Waals surface area contributed by atoms with E-state index in [1.165, 1.54) is 38.5 Å². The zero-order valence-corrected chi connectivity index (χ0v) is 20.1. The molecule has 1 N–H and O–H groups in total. The Kier molecular flexibility index (Phi) is 4.90. The van der Waals surface area contributed by atoms with E-state index in [1.807, 2.05) is 54.6 Å². The summed E-state index contributed by atoms with van der Waals surface area (Å²) in [5, 5.41) is 4.38. The first-order valence-corrected chi connectivity index (χ1v) is 12.7. The number of halogens is 1. The summed E-state index contributed by atoms with van der Waals surface area (Å²) in [5.74, 6) is 2.68. The number of amides is 1. The Morgan fingerprint density at radius 1 is 1.00 bits per heavy atom. The topological polar surface area (TPSA) is 42.0 Å². The average Bonchev–Trinajstić information content (AvgIpc) is 2.78. The van der Waals surface area contributed by atoms with Gasteiger partial charge < -0.3 is 5.32 Å². The SMILES string of the molecule is C[C@@H](NC(=O)c1cc(-c2ccc(Br)cc2)nc2ccccc12)C12CC3CC(CC(C3)C1)C2. The first-order valence-electron chi connectivity index (χ1n) is 12.0. The Bertz CT molecular complexity index is 1150. The molecule has 0 spiro atoms. The third-order valence-corrected chi connectivity index (χ3v) is 8.98. The fourth-order valence-corrected chi connectivity index (χ4v) is 7.53. The summed E-state index contributed by atoms with van der Waals surface area (Å²) in [6.45, 7) is 2.25. The summed E-state index contributed by atoms with van der Waals surface area (Å²) in [4.78, 5) is 18.5. The largest absolute Gasteiger partial charge is 0.349 e. The third-order valence-electron chi connectivity index (χ3n) is 8.45. The van der Waals surface area contributed by atoms with E-state index in [0.717, 1.165) is 50.0 Å². The van der Waals surface area contributed by atoms with Gasteiger partial charge in [-0.3, -0.25) is 4.79 Å². The number of benzene rings is 2. The molecule has 0 unspecified atom stereocenters. The number of fused-ring (bicyclic) bond motifs is 1. The maximum Gasteiger partial charge on any atom is 0.252 e. The molecule has 32 heavy (non-hydrogen) atoms. The van der Waals surface area contributed by atoms with Crippen molar-refractivity contribution in [2.75, 3.05) is 0 Å². The molecule has 1 heterocycles. The summed E-state index contributed by atoms with van der Waals surface area (Å²) in [6, 6.07) is 18.3. The van der Waals surface area contributed by atoms with E-state index >= 15 is 0 Å². The van der Waals surface area contributed by atoms with Crippen molar-refractivity contribution in [3.63, 3.8) is 0 Å². The summed E-state index contributed by atoms with van der Waals surface area (Å²) in [6.07, 6.45) is 8.15. The van der Waals surface area contributed by atoms with Gasteiger partial charge in [-0.1, -0.05) is 46.3 Å². The van der Waals surface area contributed by atoms with Crippen molar-refractivity contribution < 1.29 is 4.79 Å². The lowest BCUT2D eigenvalue weighted by Crippen LogP contribution is -2.55. The number of carbonyl (C=O) groups excluding carboxylic acids is 1. The Balaban J connectivity index is 1.33. The van der Waals surface area contributed by atoms with Crippen molar-refractivity contribution in [3.8, 4) is 11.3 Å². The Morgan fingerprint density at radius 2 is 1.62 bits per heavy atom. The van der Waals surface area contributed by atoms with Crippen molar-refractivity contribution in [1.29, 1.82) is 0 Å². The van der Waals surface area contributed by atoms with Gasteiger partial charge in [0.2, 0.25) is 0 Å². The van der Waals surface area contributed by atoms with Crippen LogP contribution in [0.1, 0.15) is 55.8 Å². The minimum absolute atomic E-state index is 0.0326. The van der Waals surface area contributed by atoms with Gasteiger partial charge in [-0.2, -0.15) is 0 Å². The van der Waals surface area contributed by atoms with Crippen molar-refractivity contribution in [1.82, 2.24) is 10.3 Å². The number of nitrogens with zero attached hydrogens (tertiary/aromatic N) is 1. The second kappa shape index (κ2) is 7.69. The van der Waals surface area contributed by atoms with Crippen molar-refractivity contribution in [2.24, 2.45) is 23.2 Å². The maximum atomic E-state index is 13.7. The standard InChI is InChI=1S/C28H29BrN2O/c1-17(28-14-18-10-19(15-28)12-20(11-18)16-28)30-27(32)24-13-26(21-6-8-22(29)9-7-21)31-25-5-3-2-4-23(24)25/h2-9,13,17-20H,10-12,14-16H2,1H3,(H,30,32)/t17-,18?,19?,20?,28?/m1/s1. The Labute approximate surface area is 198 Å². The van der Waals surface area contributed by atoms with Crippen LogP contribution in [-0.4, -0.2) is 16.9 Å². The van der Waals surface area contributed by atoms with Crippen LogP contribution in [0.3, 0.4) is 0 Å². The van der Waals surface area contributed by atoms with Crippen LogP contribution in [0.2, 0.25) is 0 Å². The lowest BCUT2D eigenvalue weighted by atomic mass is 9.48. The van der Waals surface area contributed by atoms with Gasteiger partial charge in [-0.15, -0.1) is 0 Å². The van der Waals surface area contributed by atoms with Crippen LogP contribution in [0.25, 0.3) is 22.2 Å². The highest BCUT2D eigenvalue weighted by atomic mass is 79.9. The molecule has 1 aromatic heterocycles. The van der Waals surface area contributed by atoms with Gasteiger partial charge in [0.25, 0.3) is 5.91 Å². The zero-order valence-electron chi connectivity index (χ0n) is 18.5. The van der Waals surface area contributed by atoms with Gasteiger partial charge in [0.05, 0.1) is 16.8 Å². The molecular weight excluding hydrogens is 460 g/mol. The number of nitrogens with one attached hydrogen (secondary N) is 1. The number of rotatable bonds is 4. The lowest BCUT2D eigenvalue weighted by Gasteiger charge is -2.59. The predicted octanol–water partition coefficient (Wildman–Crippen LogP) is 7.00. The van der Waals surface area contributed by atoms with E-state index in [4.69, 9.17) is 4.98 Å². The van der Waals surface area contributed by atoms with Crippen LogP contribution in [0.4, 0.5) is 0 Å². The fourth-order valence-electron chi connectivity index (χ4n) is 7.27. The minimum Gasteiger partial charge on any atom is -0.349 e. The normalized spacial score (nSPS) is 29.2. The van der Waals surface area contributed by atoms with Crippen LogP contribution >= 0.6 is 15.9 Å². The lowest BCUT2D eigenvalue weighted by molar-refractivity contribution is -0.0687. The highest BCUT2D eigenvalue weighted by Crippen LogP contribution is 2.61. The monoisotopic (exact) mass is 488 g/mol. The molecule has 0 saturated heterocycles. The van der Waals surface area contributed by atoms with E-state index in [1.54, 1.807) is 0 Å². The van der Waals surface area contributed by atoms with Crippen LogP contribution in [0, 0.1) is 23.2 Å². The molecule has 1 atom stereocenters. The van der Waals surface area contributed by atoms with E-state index in [2.05, 4.69) is 28.2 Å². The number of hydrogen-bond acceptors (Lipinski definition) is 2. The van der Waals surface area contributed by atoms with Gasteiger partial charge in [-0.25, -0.2) is 4.98 Å². The van der Waals surface area contributed by atoms with E-state index < -0.39 is 0 Å². The molecule has 0 radical (unpaired) electrons. The number of hydrogen-bond donors (Lipinski definition) is 1. The van der Waals surface area contributed by atoms with Gasteiger partial charge in [-0.05, 0) is 92.9 Å². The second-order valence-electron chi connectivity index (χ2n) is 10.6. The molecule has 3 nitrogen and oxygen atoms in total. The maximum absolute atomic E-state index is 13.7. The zero-order chi connectivity index (χ0) is 21.9. The Morgan fingerprint density at radius 3 is 2.28 bits per heavy atom. The third kappa shape index (κ3) is 3.48. The van der Waals surface area contributed by atoms with Crippen LogP contribution in [0.15, 0.2) is 59.1 Å². The molecular formula is C28H29BrN2O. The van der Waals surface area contributed by atoms with Crippen LogP contribution < -0.4 is 5.32 Å². The molecule has 4 aliphatic carbocycles. The van der Waals surface area contributed by atoms with Crippen molar-refractivity contribution in [3.05, 3.63) is 64.6 Å². The van der Waals surface area contributed by atoms with Gasteiger partial charge >= 0.3 is 0 Å². The summed E-state index contributed by atoms with van der Waals surface area (Å²) in [7, 11) is 0. The van der Waals surface area contributed by atoms with Crippen LogP contribution in [0.5, 0.6) is 0 Å². The predicted molar refractivity (Wildman–Crippen MR) is 132 cm³/mol. The number of pyridine rings is 1. The Hall–Kier alpha value is -2.20. The fraction of sp³-hybridized carbons (Fsp3) is 0.429.